The summed E-state index contributed by atoms with van der Waals surface area (Å²) in [5.74, 6) is -1.79. The number of amides is 6. The van der Waals surface area contributed by atoms with Gasteiger partial charge in [0.05, 0.1) is 0 Å². The van der Waals surface area contributed by atoms with E-state index in [4.69, 9.17) is 0 Å². The number of hydrogen-bond acceptors (Lipinski definition) is 4. The number of carbonyl (C=O) groups is 4. The summed E-state index contributed by atoms with van der Waals surface area (Å²) in [4.78, 5) is 48.7. The summed E-state index contributed by atoms with van der Waals surface area (Å²) < 4.78 is 36.1. The molecular formula is C16H17F3N4O4. The minimum Gasteiger partial charge on any atom is -0.329 e. The van der Waals surface area contributed by atoms with Crippen LogP contribution in [0, 0.1) is 0 Å². The van der Waals surface area contributed by atoms with Gasteiger partial charge in [0, 0.05) is 0 Å². The lowest BCUT2D eigenvalue weighted by Gasteiger charge is -2.25. The largest absolute Gasteiger partial charge is 0.405 e. The van der Waals surface area contributed by atoms with Crippen LogP contribution in [0.25, 0.3) is 0 Å². The maximum Gasteiger partial charge on any atom is 0.405 e. The zero-order valence-electron chi connectivity index (χ0n) is 14.2. The monoisotopic (exact) mass is 386 g/mol. The Balaban J connectivity index is 2.05. The van der Waals surface area contributed by atoms with E-state index in [-0.39, 0.29) is 6.42 Å². The fourth-order valence-corrected chi connectivity index (χ4v) is 2.67. The molecule has 11 heteroatoms. The maximum absolute atomic E-state index is 12.8. The zero-order valence-corrected chi connectivity index (χ0v) is 14.2. The van der Waals surface area contributed by atoms with Gasteiger partial charge in [-0.05, 0) is 12.0 Å². The first-order chi connectivity index (χ1) is 12.6. The van der Waals surface area contributed by atoms with Crippen LogP contribution in [0.15, 0.2) is 30.3 Å². The number of urea groups is 2. The van der Waals surface area contributed by atoms with E-state index in [1.165, 1.54) is 5.32 Å². The van der Waals surface area contributed by atoms with E-state index in [0.717, 1.165) is 0 Å². The van der Waals surface area contributed by atoms with Crippen molar-refractivity contribution in [3.63, 3.8) is 0 Å². The molecule has 1 heterocycles. The molecule has 0 saturated carbocycles. The highest BCUT2D eigenvalue weighted by Crippen LogP contribution is 2.32. The fraction of sp³-hybridized carbons (Fsp3) is 0.375. The van der Waals surface area contributed by atoms with E-state index in [1.807, 2.05) is 0 Å². The summed E-state index contributed by atoms with van der Waals surface area (Å²) in [5.41, 5.74) is -0.825. The van der Waals surface area contributed by atoms with Gasteiger partial charge in [-0.3, -0.25) is 19.8 Å². The molecule has 2 rings (SSSR count). The molecule has 3 N–H and O–H groups in total. The zero-order chi connectivity index (χ0) is 20.2. The number of hydrogen-bond donors (Lipinski definition) is 3. The molecule has 6 amide bonds. The molecule has 1 aliphatic rings. The van der Waals surface area contributed by atoms with Crippen molar-refractivity contribution >= 4 is 23.9 Å². The van der Waals surface area contributed by atoms with Crippen LogP contribution in [0.4, 0.5) is 22.8 Å². The third-order valence-corrected chi connectivity index (χ3v) is 3.98. The molecule has 1 saturated heterocycles. The summed E-state index contributed by atoms with van der Waals surface area (Å²) in [6.07, 6.45) is -4.42. The average Bonchev–Trinajstić information content (AvgIpc) is 2.85. The van der Waals surface area contributed by atoms with E-state index in [0.29, 0.717) is 10.5 Å². The summed E-state index contributed by atoms with van der Waals surface area (Å²) >= 11 is 0. The van der Waals surface area contributed by atoms with Gasteiger partial charge in [0.2, 0.25) is 5.91 Å². The lowest BCUT2D eigenvalue weighted by molar-refractivity contribution is -0.135. The summed E-state index contributed by atoms with van der Waals surface area (Å²) in [5, 5.41) is 5.64. The van der Waals surface area contributed by atoms with Crippen LogP contribution in [0.2, 0.25) is 0 Å². The van der Waals surface area contributed by atoms with Crippen LogP contribution >= 0.6 is 0 Å². The van der Waals surface area contributed by atoms with Crippen LogP contribution in [0.1, 0.15) is 18.9 Å². The number of halogens is 3. The lowest BCUT2D eigenvalue weighted by Crippen LogP contribution is -2.48. The molecule has 1 aromatic rings. The number of nitrogens with one attached hydrogen (secondary N) is 3. The topological polar surface area (TPSA) is 108 Å². The molecule has 1 fully saturated rings. The van der Waals surface area contributed by atoms with Crippen LogP contribution in [-0.4, -0.2) is 48.0 Å². The molecule has 1 aliphatic heterocycles. The minimum atomic E-state index is -4.64. The molecule has 146 valence electrons. The van der Waals surface area contributed by atoms with Crippen molar-refractivity contribution in [3.8, 4) is 0 Å². The normalized spacial score (nSPS) is 19.6. The second-order valence-electron chi connectivity index (χ2n) is 5.79. The van der Waals surface area contributed by atoms with Gasteiger partial charge >= 0.3 is 18.2 Å². The maximum atomic E-state index is 12.8. The minimum absolute atomic E-state index is 0.214. The number of benzene rings is 1. The average molecular weight is 386 g/mol. The molecule has 0 aromatic heterocycles. The van der Waals surface area contributed by atoms with Crippen molar-refractivity contribution in [2.45, 2.75) is 25.1 Å². The fourth-order valence-electron chi connectivity index (χ4n) is 2.67. The molecule has 0 radical (unpaired) electrons. The van der Waals surface area contributed by atoms with E-state index < -0.39 is 48.7 Å². The van der Waals surface area contributed by atoms with Crippen molar-refractivity contribution in [2.24, 2.45) is 0 Å². The molecular weight excluding hydrogens is 369 g/mol. The first kappa shape index (κ1) is 20.2. The van der Waals surface area contributed by atoms with Crippen molar-refractivity contribution in [2.75, 3.05) is 13.1 Å². The van der Waals surface area contributed by atoms with Crippen LogP contribution in [-0.2, 0) is 15.1 Å². The Labute approximate surface area is 152 Å². The Morgan fingerprint density at radius 2 is 1.81 bits per heavy atom. The van der Waals surface area contributed by atoms with Gasteiger partial charge in [0.25, 0.3) is 5.91 Å². The first-order valence-corrected chi connectivity index (χ1v) is 7.93. The Bertz CT molecular complexity index is 754. The molecule has 0 spiro atoms. The van der Waals surface area contributed by atoms with E-state index >= 15 is 0 Å². The lowest BCUT2D eigenvalue weighted by atomic mass is 9.87. The van der Waals surface area contributed by atoms with Crippen molar-refractivity contribution in [3.05, 3.63) is 35.9 Å². The Morgan fingerprint density at radius 1 is 1.19 bits per heavy atom. The first-order valence-electron chi connectivity index (χ1n) is 7.93. The number of rotatable bonds is 5. The van der Waals surface area contributed by atoms with Gasteiger partial charge in [-0.2, -0.15) is 13.2 Å². The molecule has 0 aliphatic carbocycles. The van der Waals surface area contributed by atoms with Gasteiger partial charge in [-0.1, -0.05) is 37.3 Å². The molecule has 1 aromatic carbocycles. The van der Waals surface area contributed by atoms with E-state index in [2.05, 4.69) is 5.32 Å². The van der Waals surface area contributed by atoms with Crippen molar-refractivity contribution < 1.29 is 32.3 Å². The second kappa shape index (κ2) is 7.64. The Hall–Kier alpha value is -3.11. The summed E-state index contributed by atoms with van der Waals surface area (Å²) in [6, 6.07) is 6.19. The number of carbonyl (C=O) groups excluding carboxylic acids is 4. The predicted octanol–water partition coefficient (Wildman–Crippen LogP) is 1.23. The van der Waals surface area contributed by atoms with Gasteiger partial charge in [-0.25, -0.2) is 9.59 Å². The summed E-state index contributed by atoms with van der Waals surface area (Å²) in [6.45, 7) is -0.750. The quantitative estimate of drug-likeness (QED) is 0.662. The smallest absolute Gasteiger partial charge is 0.329 e. The predicted molar refractivity (Wildman–Crippen MR) is 86.3 cm³/mol. The van der Waals surface area contributed by atoms with Crippen molar-refractivity contribution in [1.29, 1.82) is 0 Å². The highest BCUT2D eigenvalue weighted by molar-refractivity contribution is 6.10. The third-order valence-electron chi connectivity index (χ3n) is 3.98. The SMILES string of the molecule is CC[C@@]1(c2ccccc2)NC(=O)N(CC(=O)NC(=O)NCC(F)(F)F)C1=O. The van der Waals surface area contributed by atoms with E-state index in [9.17, 15) is 32.3 Å². The van der Waals surface area contributed by atoms with Gasteiger partial charge in [0.1, 0.15) is 18.6 Å². The molecule has 0 unspecified atom stereocenters. The highest BCUT2D eigenvalue weighted by Gasteiger charge is 2.51. The Kier molecular flexibility index (Phi) is 5.72. The number of alkyl halides is 3. The summed E-state index contributed by atoms with van der Waals surface area (Å²) in [7, 11) is 0. The molecule has 0 bridgehead atoms. The molecule has 8 nitrogen and oxygen atoms in total. The molecule has 1 atom stereocenters. The van der Waals surface area contributed by atoms with E-state index in [1.54, 1.807) is 42.6 Å². The van der Waals surface area contributed by atoms with Crippen LogP contribution < -0.4 is 16.0 Å². The molecule has 27 heavy (non-hydrogen) atoms. The second-order valence-corrected chi connectivity index (χ2v) is 5.79. The van der Waals surface area contributed by atoms with Crippen LogP contribution in [0.3, 0.4) is 0 Å². The third kappa shape index (κ3) is 4.54. The Morgan fingerprint density at radius 3 is 2.37 bits per heavy atom. The van der Waals surface area contributed by atoms with Crippen LogP contribution in [0.5, 0.6) is 0 Å². The van der Waals surface area contributed by atoms with Gasteiger partial charge in [0.15, 0.2) is 0 Å². The highest BCUT2D eigenvalue weighted by atomic mass is 19.4. The van der Waals surface area contributed by atoms with Gasteiger partial charge in [-0.15, -0.1) is 0 Å². The number of nitrogens with zero attached hydrogens (tertiary/aromatic N) is 1. The van der Waals surface area contributed by atoms with Crippen molar-refractivity contribution in [1.82, 2.24) is 20.9 Å². The number of imide groups is 2. The van der Waals surface area contributed by atoms with Gasteiger partial charge < -0.3 is 10.6 Å². The standard InChI is InChI=1S/C16H17F3N4O4/c1-2-15(10-6-4-3-5-7-10)12(25)23(14(27)22-15)8-11(24)21-13(26)20-9-16(17,18)19/h3-7H,2,8-9H2,1H3,(H,22,27)(H2,20,21,24,26)/t15-/m0/s1.